The number of carbonyl (C=O) groups is 1. The van der Waals surface area contributed by atoms with Crippen LogP contribution in [0.15, 0.2) is 0 Å². The van der Waals surface area contributed by atoms with Crippen molar-refractivity contribution in [3.8, 4) is 0 Å². The maximum Gasteiger partial charge on any atom is 0.324 e. The fraction of sp³-hybridized carbons (Fsp3) is 0.933. The molecule has 3 atom stereocenters. The zero-order valence-electron chi connectivity index (χ0n) is 13.1. The lowest BCUT2D eigenvalue weighted by molar-refractivity contribution is -0.151. The summed E-state index contributed by atoms with van der Waals surface area (Å²) < 4.78 is 11.3. The molecular formula is C15H29NO4. The molecule has 5 heteroatoms. The number of hydrogen-bond acceptors (Lipinski definition) is 4. The van der Waals surface area contributed by atoms with Crippen LogP contribution in [0.5, 0.6) is 0 Å². The molecule has 0 bridgehead atoms. The molecule has 0 aromatic rings. The molecule has 1 fully saturated rings. The number of aliphatic carboxylic acids is 1. The Morgan fingerprint density at radius 2 is 2.15 bits per heavy atom. The summed E-state index contributed by atoms with van der Waals surface area (Å²) in [6, 6.07) is 0.144. The van der Waals surface area contributed by atoms with Gasteiger partial charge in [-0.15, -0.1) is 0 Å². The van der Waals surface area contributed by atoms with Crippen molar-refractivity contribution in [2.24, 2.45) is 0 Å². The van der Waals surface area contributed by atoms with Gasteiger partial charge in [0.2, 0.25) is 0 Å². The third kappa shape index (κ3) is 5.04. The second-order valence-electron chi connectivity index (χ2n) is 6.01. The van der Waals surface area contributed by atoms with Gasteiger partial charge in [0.1, 0.15) is 5.54 Å². The highest BCUT2D eigenvalue weighted by atomic mass is 16.5. The first-order valence-electron chi connectivity index (χ1n) is 7.64. The van der Waals surface area contributed by atoms with E-state index in [9.17, 15) is 9.90 Å². The molecule has 0 aromatic carbocycles. The van der Waals surface area contributed by atoms with Crippen LogP contribution in [0.2, 0.25) is 0 Å². The molecular weight excluding hydrogens is 258 g/mol. The van der Waals surface area contributed by atoms with E-state index in [1.807, 2.05) is 27.7 Å². The Morgan fingerprint density at radius 1 is 1.45 bits per heavy atom. The van der Waals surface area contributed by atoms with Gasteiger partial charge in [0.15, 0.2) is 0 Å². The monoisotopic (exact) mass is 287 g/mol. The summed E-state index contributed by atoms with van der Waals surface area (Å²) in [4.78, 5) is 11.7. The van der Waals surface area contributed by atoms with E-state index in [-0.39, 0.29) is 18.2 Å². The molecule has 1 rings (SSSR count). The van der Waals surface area contributed by atoms with Crippen LogP contribution < -0.4 is 5.32 Å². The topological polar surface area (TPSA) is 67.8 Å². The van der Waals surface area contributed by atoms with Gasteiger partial charge in [-0.3, -0.25) is 10.1 Å². The number of rotatable bonds is 8. The molecule has 2 N–H and O–H groups in total. The molecule has 20 heavy (non-hydrogen) atoms. The Labute approximate surface area is 122 Å². The SMILES string of the molecule is CCOCC(C)OC1CCCC(NC(C)C)(C(=O)O)C1. The molecule has 0 saturated heterocycles. The van der Waals surface area contributed by atoms with Crippen LogP contribution >= 0.6 is 0 Å². The molecule has 0 aromatic heterocycles. The lowest BCUT2D eigenvalue weighted by Crippen LogP contribution is -2.58. The van der Waals surface area contributed by atoms with Crippen molar-refractivity contribution in [2.75, 3.05) is 13.2 Å². The standard InChI is InChI=1S/C15H29NO4/c1-5-19-10-12(4)20-13-7-6-8-15(9-13,14(17)18)16-11(2)3/h11-13,16H,5-10H2,1-4H3,(H,17,18). The van der Waals surface area contributed by atoms with Gasteiger partial charge in [-0.05, 0) is 47.0 Å². The average molecular weight is 287 g/mol. The summed E-state index contributed by atoms with van der Waals surface area (Å²) in [5.41, 5.74) is -0.845. The van der Waals surface area contributed by atoms with Crippen LogP contribution in [-0.2, 0) is 14.3 Å². The number of carboxylic acid groups (broad SMARTS) is 1. The van der Waals surface area contributed by atoms with E-state index in [0.717, 1.165) is 12.8 Å². The lowest BCUT2D eigenvalue weighted by Gasteiger charge is -2.40. The minimum atomic E-state index is -0.845. The van der Waals surface area contributed by atoms with E-state index < -0.39 is 11.5 Å². The summed E-state index contributed by atoms with van der Waals surface area (Å²) in [7, 11) is 0. The number of nitrogens with one attached hydrogen (secondary N) is 1. The third-order valence-corrected chi connectivity index (χ3v) is 3.66. The predicted molar refractivity (Wildman–Crippen MR) is 77.9 cm³/mol. The maximum atomic E-state index is 11.7. The molecule has 0 radical (unpaired) electrons. The average Bonchev–Trinajstić information content (AvgIpc) is 2.35. The van der Waals surface area contributed by atoms with Gasteiger partial charge in [0.05, 0.1) is 18.8 Å². The quantitative estimate of drug-likeness (QED) is 0.716. The first-order valence-corrected chi connectivity index (χ1v) is 7.64. The summed E-state index contributed by atoms with van der Waals surface area (Å²) in [6.45, 7) is 9.12. The van der Waals surface area contributed by atoms with Crippen LogP contribution in [0, 0.1) is 0 Å². The molecule has 0 spiro atoms. The number of hydrogen-bond donors (Lipinski definition) is 2. The highest BCUT2D eigenvalue weighted by molar-refractivity contribution is 5.79. The fourth-order valence-corrected chi connectivity index (χ4v) is 2.93. The Morgan fingerprint density at radius 3 is 2.70 bits per heavy atom. The van der Waals surface area contributed by atoms with E-state index in [1.165, 1.54) is 0 Å². The highest BCUT2D eigenvalue weighted by Gasteiger charge is 2.43. The largest absolute Gasteiger partial charge is 0.480 e. The third-order valence-electron chi connectivity index (χ3n) is 3.66. The first-order chi connectivity index (χ1) is 9.39. The van der Waals surface area contributed by atoms with Crippen molar-refractivity contribution in [3.63, 3.8) is 0 Å². The van der Waals surface area contributed by atoms with Crippen molar-refractivity contribution in [1.82, 2.24) is 5.32 Å². The van der Waals surface area contributed by atoms with Crippen molar-refractivity contribution < 1.29 is 19.4 Å². The highest BCUT2D eigenvalue weighted by Crippen LogP contribution is 2.31. The summed E-state index contributed by atoms with van der Waals surface area (Å²) in [6.07, 6.45) is 2.98. The minimum absolute atomic E-state index is 0.00333. The van der Waals surface area contributed by atoms with Crippen LogP contribution in [0.25, 0.3) is 0 Å². The van der Waals surface area contributed by atoms with Crippen molar-refractivity contribution >= 4 is 5.97 Å². The van der Waals surface area contributed by atoms with Gasteiger partial charge in [-0.2, -0.15) is 0 Å². The number of carboxylic acids is 1. The van der Waals surface area contributed by atoms with Crippen molar-refractivity contribution in [1.29, 1.82) is 0 Å². The van der Waals surface area contributed by atoms with E-state index in [0.29, 0.717) is 26.1 Å². The first kappa shape index (κ1) is 17.4. The Balaban J connectivity index is 2.61. The summed E-state index contributed by atoms with van der Waals surface area (Å²) in [5, 5.41) is 12.8. The summed E-state index contributed by atoms with van der Waals surface area (Å²) >= 11 is 0. The smallest absolute Gasteiger partial charge is 0.324 e. The van der Waals surface area contributed by atoms with E-state index in [4.69, 9.17) is 9.47 Å². The van der Waals surface area contributed by atoms with Crippen LogP contribution in [0.4, 0.5) is 0 Å². The van der Waals surface area contributed by atoms with Gasteiger partial charge in [-0.1, -0.05) is 0 Å². The second-order valence-corrected chi connectivity index (χ2v) is 6.01. The fourth-order valence-electron chi connectivity index (χ4n) is 2.93. The van der Waals surface area contributed by atoms with E-state index in [2.05, 4.69) is 5.32 Å². The molecule has 0 amide bonds. The van der Waals surface area contributed by atoms with Gasteiger partial charge in [-0.25, -0.2) is 0 Å². The van der Waals surface area contributed by atoms with Crippen LogP contribution in [0.3, 0.4) is 0 Å². The lowest BCUT2D eigenvalue weighted by atomic mass is 9.79. The zero-order valence-corrected chi connectivity index (χ0v) is 13.1. The van der Waals surface area contributed by atoms with Gasteiger partial charge in [0, 0.05) is 19.1 Å². The van der Waals surface area contributed by atoms with E-state index in [1.54, 1.807) is 0 Å². The molecule has 1 aliphatic rings. The Bertz CT molecular complexity index is 308. The molecule has 3 unspecified atom stereocenters. The molecule has 1 aliphatic carbocycles. The normalized spacial score (nSPS) is 28.6. The zero-order chi connectivity index (χ0) is 15.2. The molecule has 0 aliphatic heterocycles. The Hall–Kier alpha value is -0.650. The maximum absolute atomic E-state index is 11.7. The number of ether oxygens (including phenoxy) is 2. The Kier molecular flexibility index (Phi) is 6.92. The molecule has 118 valence electrons. The van der Waals surface area contributed by atoms with Crippen molar-refractivity contribution in [2.45, 2.75) is 77.2 Å². The van der Waals surface area contributed by atoms with Gasteiger partial charge < -0.3 is 14.6 Å². The van der Waals surface area contributed by atoms with E-state index >= 15 is 0 Å². The molecule has 1 saturated carbocycles. The van der Waals surface area contributed by atoms with Gasteiger partial charge >= 0.3 is 5.97 Å². The van der Waals surface area contributed by atoms with Crippen molar-refractivity contribution in [3.05, 3.63) is 0 Å². The van der Waals surface area contributed by atoms with Crippen LogP contribution in [-0.4, -0.2) is 48.1 Å². The molecule has 0 heterocycles. The summed E-state index contributed by atoms with van der Waals surface area (Å²) in [5.74, 6) is -0.767. The minimum Gasteiger partial charge on any atom is -0.480 e. The second kappa shape index (κ2) is 7.96. The van der Waals surface area contributed by atoms with Gasteiger partial charge in [0.25, 0.3) is 0 Å². The van der Waals surface area contributed by atoms with Crippen LogP contribution in [0.1, 0.15) is 53.4 Å². The molecule has 5 nitrogen and oxygen atoms in total. The predicted octanol–water partition coefficient (Wildman–Crippen LogP) is 2.19.